The second kappa shape index (κ2) is 12.6. The monoisotopic (exact) mass is 412 g/mol. The minimum atomic E-state index is -0.914. The number of nitrogens with zero attached hydrogens (tertiary/aromatic N) is 2. The SMILES string of the molecule is CCNC(=NCCOc1ccc(F)c(F)c1)NC1CCN(CCOC(C)C)CC1. The van der Waals surface area contributed by atoms with E-state index in [9.17, 15) is 8.78 Å². The van der Waals surface area contributed by atoms with Crippen LogP contribution in [-0.4, -0.2) is 68.9 Å². The molecule has 0 amide bonds. The summed E-state index contributed by atoms with van der Waals surface area (Å²) in [6.45, 7) is 11.4. The summed E-state index contributed by atoms with van der Waals surface area (Å²) < 4.78 is 37.2. The molecule has 0 radical (unpaired) electrons. The smallest absolute Gasteiger partial charge is 0.191 e. The predicted octanol–water partition coefficient (Wildman–Crippen LogP) is 2.79. The summed E-state index contributed by atoms with van der Waals surface area (Å²) in [5.41, 5.74) is 0. The van der Waals surface area contributed by atoms with Crippen molar-refractivity contribution in [2.75, 3.05) is 45.9 Å². The Morgan fingerprint density at radius 2 is 1.97 bits per heavy atom. The van der Waals surface area contributed by atoms with Gasteiger partial charge in [-0.25, -0.2) is 13.8 Å². The normalized spacial score (nSPS) is 16.3. The molecule has 0 aliphatic carbocycles. The molecule has 1 saturated heterocycles. The van der Waals surface area contributed by atoms with Crippen molar-refractivity contribution < 1.29 is 18.3 Å². The second-order valence-electron chi connectivity index (χ2n) is 7.36. The molecule has 1 fully saturated rings. The van der Waals surface area contributed by atoms with Crippen LogP contribution in [0.5, 0.6) is 5.75 Å². The number of ether oxygens (including phenoxy) is 2. The highest BCUT2D eigenvalue weighted by atomic mass is 19.2. The highest BCUT2D eigenvalue weighted by Crippen LogP contribution is 2.15. The molecule has 1 heterocycles. The Labute approximate surface area is 172 Å². The summed E-state index contributed by atoms with van der Waals surface area (Å²) in [5, 5.41) is 6.73. The van der Waals surface area contributed by atoms with Crippen molar-refractivity contribution in [3.05, 3.63) is 29.8 Å². The van der Waals surface area contributed by atoms with Crippen LogP contribution in [0.1, 0.15) is 33.6 Å². The van der Waals surface area contributed by atoms with Crippen LogP contribution in [0.4, 0.5) is 8.78 Å². The lowest BCUT2D eigenvalue weighted by atomic mass is 10.1. The Balaban J connectivity index is 1.71. The van der Waals surface area contributed by atoms with Crippen LogP contribution in [0.2, 0.25) is 0 Å². The minimum absolute atomic E-state index is 0.277. The van der Waals surface area contributed by atoms with E-state index in [1.165, 1.54) is 6.07 Å². The van der Waals surface area contributed by atoms with E-state index in [1.54, 1.807) is 0 Å². The van der Waals surface area contributed by atoms with Gasteiger partial charge in [-0.05, 0) is 45.7 Å². The van der Waals surface area contributed by atoms with Gasteiger partial charge in [0.1, 0.15) is 12.4 Å². The van der Waals surface area contributed by atoms with Gasteiger partial charge in [0.15, 0.2) is 17.6 Å². The predicted molar refractivity (Wildman–Crippen MR) is 112 cm³/mol. The van der Waals surface area contributed by atoms with Crippen LogP contribution in [0.15, 0.2) is 23.2 Å². The van der Waals surface area contributed by atoms with E-state index < -0.39 is 11.6 Å². The number of hydrogen-bond donors (Lipinski definition) is 2. The van der Waals surface area contributed by atoms with Gasteiger partial charge in [-0.1, -0.05) is 0 Å². The third-order valence-corrected chi connectivity index (χ3v) is 4.65. The number of guanidine groups is 1. The number of likely N-dealkylation sites (tertiary alicyclic amines) is 1. The number of aliphatic imine (C=N–C) groups is 1. The number of benzene rings is 1. The van der Waals surface area contributed by atoms with Gasteiger partial charge in [-0.3, -0.25) is 0 Å². The summed E-state index contributed by atoms with van der Waals surface area (Å²) in [7, 11) is 0. The molecule has 0 unspecified atom stereocenters. The van der Waals surface area contributed by atoms with Gasteiger partial charge < -0.3 is 25.0 Å². The zero-order valence-electron chi connectivity index (χ0n) is 17.7. The fourth-order valence-electron chi connectivity index (χ4n) is 3.12. The first-order chi connectivity index (χ1) is 14.0. The van der Waals surface area contributed by atoms with Crippen molar-refractivity contribution in [3.8, 4) is 5.75 Å². The van der Waals surface area contributed by atoms with Crippen LogP contribution >= 0.6 is 0 Å². The summed E-state index contributed by atoms with van der Waals surface area (Å²) in [6.07, 6.45) is 2.38. The first-order valence-corrected chi connectivity index (χ1v) is 10.4. The van der Waals surface area contributed by atoms with E-state index in [4.69, 9.17) is 9.47 Å². The molecular formula is C21H34F2N4O2. The van der Waals surface area contributed by atoms with Crippen LogP contribution in [0.3, 0.4) is 0 Å². The Morgan fingerprint density at radius 3 is 2.62 bits per heavy atom. The summed E-state index contributed by atoms with van der Waals surface area (Å²) in [6, 6.07) is 3.89. The molecule has 0 atom stereocenters. The zero-order valence-corrected chi connectivity index (χ0v) is 17.7. The van der Waals surface area contributed by atoms with E-state index >= 15 is 0 Å². The molecule has 0 saturated carbocycles. The lowest BCUT2D eigenvalue weighted by Crippen LogP contribution is -2.49. The molecule has 6 nitrogen and oxygen atoms in total. The molecule has 2 rings (SSSR count). The fourth-order valence-corrected chi connectivity index (χ4v) is 3.12. The summed E-state index contributed by atoms with van der Waals surface area (Å²) in [4.78, 5) is 6.95. The molecule has 1 aliphatic heterocycles. The third kappa shape index (κ3) is 8.95. The number of piperidine rings is 1. The van der Waals surface area contributed by atoms with Gasteiger partial charge in [-0.2, -0.15) is 0 Å². The molecule has 8 heteroatoms. The largest absolute Gasteiger partial charge is 0.492 e. The van der Waals surface area contributed by atoms with Gasteiger partial charge >= 0.3 is 0 Å². The maximum absolute atomic E-state index is 13.2. The van der Waals surface area contributed by atoms with Gasteiger partial charge in [0, 0.05) is 38.3 Å². The van der Waals surface area contributed by atoms with Crippen molar-refractivity contribution in [3.63, 3.8) is 0 Å². The number of rotatable bonds is 10. The molecule has 0 spiro atoms. The molecule has 1 aromatic rings. The molecular weight excluding hydrogens is 378 g/mol. The van der Waals surface area contributed by atoms with Crippen LogP contribution in [0.25, 0.3) is 0 Å². The average Bonchev–Trinajstić information content (AvgIpc) is 2.69. The molecule has 0 bridgehead atoms. The van der Waals surface area contributed by atoms with Gasteiger partial charge in [0.05, 0.1) is 19.3 Å². The maximum Gasteiger partial charge on any atom is 0.191 e. The van der Waals surface area contributed by atoms with Gasteiger partial charge in [0.2, 0.25) is 0 Å². The molecule has 29 heavy (non-hydrogen) atoms. The zero-order chi connectivity index (χ0) is 21.1. The lowest BCUT2D eigenvalue weighted by molar-refractivity contribution is 0.0532. The van der Waals surface area contributed by atoms with Crippen LogP contribution < -0.4 is 15.4 Å². The molecule has 1 aliphatic rings. The van der Waals surface area contributed by atoms with Crippen molar-refractivity contribution in [1.29, 1.82) is 0 Å². The number of hydrogen-bond acceptors (Lipinski definition) is 4. The Hall–Kier alpha value is -1.93. The van der Waals surface area contributed by atoms with Crippen LogP contribution in [-0.2, 0) is 4.74 Å². The molecule has 1 aromatic carbocycles. The maximum atomic E-state index is 13.2. The highest BCUT2D eigenvalue weighted by Gasteiger charge is 2.19. The minimum Gasteiger partial charge on any atom is -0.492 e. The van der Waals surface area contributed by atoms with E-state index in [1.807, 2.05) is 6.92 Å². The van der Waals surface area contributed by atoms with E-state index in [0.717, 1.165) is 63.7 Å². The third-order valence-electron chi connectivity index (χ3n) is 4.65. The highest BCUT2D eigenvalue weighted by molar-refractivity contribution is 5.80. The van der Waals surface area contributed by atoms with Crippen molar-refractivity contribution in [2.24, 2.45) is 4.99 Å². The lowest BCUT2D eigenvalue weighted by Gasteiger charge is -2.33. The van der Waals surface area contributed by atoms with Gasteiger partial charge in [-0.15, -0.1) is 0 Å². The standard InChI is InChI=1S/C21H34F2N4O2/c1-4-24-21(25-9-13-29-18-5-6-19(22)20(23)15-18)26-17-7-10-27(11-8-17)12-14-28-16(2)3/h5-6,15-17H,4,7-14H2,1-3H3,(H2,24,25,26). The summed E-state index contributed by atoms with van der Waals surface area (Å²) in [5.74, 6) is -0.746. The van der Waals surface area contributed by atoms with Crippen LogP contribution in [0, 0.1) is 11.6 Å². The first-order valence-electron chi connectivity index (χ1n) is 10.4. The summed E-state index contributed by atoms with van der Waals surface area (Å²) >= 11 is 0. The van der Waals surface area contributed by atoms with E-state index in [2.05, 4.69) is 34.4 Å². The first kappa shape index (κ1) is 23.3. The molecule has 2 N–H and O–H groups in total. The second-order valence-corrected chi connectivity index (χ2v) is 7.36. The van der Waals surface area contributed by atoms with E-state index in [0.29, 0.717) is 18.3 Å². The average molecular weight is 413 g/mol. The number of nitrogens with one attached hydrogen (secondary N) is 2. The molecule has 0 aromatic heterocycles. The van der Waals surface area contributed by atoms with Gasteiger partial charge in [0.25, 0.3) is 0 Å². The Bertz CT molecular complexity index is 635. The number of halogens is 2. The van der Waals surface area contributed by atoms with E-state index in [-0.39, 0.29) is 12.7 Å². The Morgan fingerprint density at radius 1 is 1.21 bits per heavy atom. The fraction of sp³-hybridized carbons (Fsp3) is 0.667. The quantitative estimate of drug-likeness (QED) is 0.352. The van der Waals surface area contributed by atoms with Crippen molar-refractivity contribution >= 4 is 5.96 Å². The van der Waals surface area contributed by atoms with Crippen molar-refractivity contribution in [2.45, 2.75) is 45.8 Å². The van der Waals surface area contributed by atoms with Crippen molar-refractivity contribution in [1.82, 2.24) is 15.5 Å². The molecule has 164 valence electrons. The Kier molecular flexibility index (Phi) is 10.1. The topological polar surface area (TPSA) is 58.1 Å².